The summed E-state index contributed by atoms with van der Waals surface area (Å²) in [5.74, 6) is 0.964. The Balaban J connectivity index is 2.49. The molecule has 5 heteroatoms. The highest BCUT2D eigenvalue weighted by molar-refractivity contribution is 4.85. The molecule has 1 N–H and O–H groups in total. The van der Waals surface area contributed by atoms with Crippen LogP contribution in [0.3, 0.4) is 0 Å². The maximum absolute atomic E-state index is 12.4. The van der Waals surface area contributed by atoms with Crippen LogP contribution >= 0.6 is 0 Å². The Morgan fingerprint density at radius 1 is 1.26 bits per heavy atom. The topological polar surface area (TPSA) is 15.3 Å². The van der Waals surface area contributed by atoms with Crippen molar-refractivity contribution in [2.24, 2.45) is 11.8 Å². The third kappa shape index (κ3) is 6.61. The maximum Gasteiger partial charge on any atom is 0.401 e. The van der Waals surface area contributed by atoms with E-state index in [0.717, 1.165) is 25.8 Å². The van der Waals surface area contributed by atoms with E-state index < -0.39 is 12.7 Å². The number of nitrogens with one attached hydrogen (secondary N) is 1. The van der Waals surface area contributed by atoms with Crippen LogP contribution < -0.4 is 5.32 Å². The molecular weight excluding hydrogens is 253 g/mol. The summed E-state index contributed by atoms with van der Waals surface area (Å²) in [6.45, 7) is 5.00. The summed E-state index contributed by atoms with van der Waals surface area (Å²) in [6, 6.07) is 0.381. The highest BCUT2D eigenvalue weighted by atomic mass is 19.4. The first-order chi connectivity index (χ1) is 8.81. The van der Waals surface area contributed by atoms with Crippen molar-refractivity contribution < 1.29 is 13.2 Å². The van der Waals surface area contributed by atoms with Gasteiger partial charge in [0.25, 0.3) is 0 Å². The summed E-state index contributed by atoms with van der Waals surface area (Å²) in [4.78, 5) is 1.42. The molecule has 1 fully saturated rings. The molecule has 0 aromatic heterocycles. The first-order valence-electron chi connectivity index (χ1n) is 7.30. The normalized spacial score (nSPS) is 28.9. The highest BCUT2D eigenvalue weighted by Crippen LogP contribution is 2.30. The monoisotopic (exact) mass is 280 g/mol. The second kappa shape index (κ2) is 7.48. The van der Waals surface area contributed by atoms with E-state index in [1.54, 1.807) is 7.05 Å². The van der Waals surface area contributed by atoms with Crippen LogP contribution in [0.15, 0.2) is 0 Å². The van der Waals surface area contributed by atoms with Crippen molar-refractivity contribution >= 4 is 0 Å². The lowest BCUT2D eigenvalue weighted by atomic mass is 9.78. The smallest absolute Gasteiger partial charge is 0.314 e. The third-order valence-electron chi connectivity index (χ3n) is 3.90. The lowest BCUT2D eigenvalue weighted by molar-refractivity contribution is -0.144. The second-order valence-corrected chi connectivity index (χ2v) is 6.05. The minimum absolute atomic E-state index is 0.336. The number of halogens is 3. The van der Waals surface area contributed by atoms with E-state index in [9.17, 15) is 13.2 Å². The van der Waals surface area contributed by atoms with E-state index in [1.807, 2.05) is 0 Å². The van der Waals surface area contributed by atoms with Crippen LogP contribution in [0.1, 0.15) is 39.5 Å². The van der Waals surface area contributed by atoms with E-state index in [0.29, 0.717) is 24.4 Å². The zero-order valence-corrected chi connectivity index (χ0v) is 12.3. The number of rotatable bonds is 6. The molecule has 3 unspecified atom stereocenters. The molecule has 1 saturated carbocycles. The Hall–Kier alpha value is -0.290. The number of hydrogen-bond acceptors (Lipinski definition) is 2. The lowest BCUT2D eigenvalue weighted by Gasteiger charge is -2.37. The molecule has 0 saturated heterocycles. The minimum atomic E-state index is -4.10. The van der Waals surface area contributed by atoms with E-state index in [4.69, 9.17) is 0 Å². The molecular formula is C14H27F3N2. The van der Waals surface area contributed by atoms with Gasteiger partial charge in [-0.05, 0) is 51.1 Å². The quantitative estimate of drug-likeness (QED) is 0.803. The molecule has 1 rings (SSSR count). The zero-order chi connectivity index (χ0) is 14.5. The van der Waals surface area contributed by atoms with Crippen molar-refractivity contribution in [3.05, 3.63) is 0 Å². The predicted octanol–water partition coefficient (Wildman–Crippen LogP) is 3.28. The van der Waals surface area contributed by atoms with Crippen molar-refractivity contribution in [2.75, 3.05) is 26.7 Å². The van der Waals surface area contributed by atoms with E-state index >= 15 is 0 Å². The van der Waals surface area contributed by atoms with Gasteiger partial charge < -0.3 is 5.32 Å². The van der Waals surface area contributed by atoms with E-state index in [1.165, 1.54) is 11.3 Å². The van der Waals surface area contributed by atoms with Crippen LogP contribution in [0.2, 0.25) is 0 Å². The number of hydrogen-bond donors (Lipinski definition) is 1. The van der Waals surface area contributed by atoms with Crippen molar-refractivity contribution in [3.8, 4) is 0 Å². The molecule has 19 heavy (non-hydrogen) atoms. The maximum atomic E-state index is 12.4. The molecule has 0 amide bonds. The summed E-state index contributed by atoms with van der Waals surface area (Å²) in [5, 5.41) is 3.50. The predicted molar refractivity (Wildman–Crippen MR) is 72.1 cm³/mol. The van der Waals surface area contributed by atoms with E-state index in [-0.39, 0.29) is 0 Å². The molecule has 0 aromatic rings. The Labute approximate surface area is 114 Å². The number of nitrogens with zero attached hydrogens (tertiary/aromatic N) is 1. The summed E-state index contributed by atoms with van der Waals surface area (Å²) in [6.07, 6.45) is 0.272. The van der Waals surface area contributed by atoms with Gasteiger partial charge in [-0.25, -0.2) is 0 Å². The largest absolute Gasteiger partial charge is 0.401 e. The Morgan fingerprint density at radius 3 is 2.53 bits per heavy atom. The SMILES string of the molecule is CCCNC1CCC(C)CC1CN(C)CC(F)(F)F. The zero-order valence-electron chi connectivity index (χ0n) is 12.3. The van der Waals surface area contributed by atoms with E-state index in [2.05, 4.69) is 19.2 Å². The molecule has 0 radical (unpaired) electrons. The lowest BCUT2D eigenvalue weighted by Crippen LogP contribution is -2.46. The molecule has 0 spiro atoms. The molecule has 0 aromatic carbocycles. The first-order valence-corrected chi connectivity index (χ1v) is 7.30. The van der Waals surface area contributed by atoms with Crippen LogP contribution in [0, 0.1) is 11.8 Å². The van der Waals surface area contributed by atoms with Gasteiger partial charge in [0.05, 0.1) is 6.54 Å². The fourth-order valence-electron chi connectivity index (χ4n) is 3.07. The molecule has 1 aliphatic carbocycles. The van der Waals surface area contributed by atoms with Gasteiger partial charge in [-0.3, -0.25) is 4.90 Å². The Kier molecular flexibility index (Phi) is 6.60. The fourth-order valence-corrected chi connectivity index (χ4v) is 3.07. The first kappa shape index (κ1) is 16.8. The van der Waals surface area contributed by atoms with Gasteiger partial charge >= 0.3 is 6.18 Å². The van der Waals surface area contributed by atoms with Gasteiger partial charge in [-0.2, -0.15) is 13.2 Å². The minimum Gasteiger partial charge on any atom is -0.314 e. The van der Waals surface area contributed by atoms with Crippen LogP contribution in [0.4, 0.5) is 13.2 Å². The molecule has 114 valence electrons. The molecule has 2 nitrogen and oxygen atoms in total. The average molecular weight is 280 g/mol. The van der Waals surface area contributed by atoms with Gasteiger partial charge in [0, 0.05) is 12.6 Å². The molecule has 0 heterocycles. The summed E-state index contributed by atoms with van der Waals surface area (Å²) in [7, 11) is 1.57. The van der Waals surface area contributed by atoms with Gasteiger partial charge in [-0.1, -0.05) is 13.8 Å². The van der Waals surface area contributed by atoms with Crippen LogP contribution in [-0.4, -0.2) is 43.8 Å². The van der Waals surface area contributed by atoms with Gasteiger partial charge in [0.15, 0.2) is 0 Å². The van der Waals surface area contributed by atoms with Crippen molar-refractivity contribution in [1.82, 2.24) is 10.2 Å². The van der Waals surface area contributed by atoms with Crippen LogP contribution in [-0.2, 0) is 0 Å². The van der Waals surface area contributed by atoms with Crippen LogP contribution in [0.25, 0.3) is 0 Å². The number of alkyl halides is 3. The highest BCUT2D eigenvalue weighted by Gasteiger charge is 2.33. The molecule has 0 bridgehead atoms. The van der Waals surface area contributed by atoms with Crippen molar-refractivity contribution in [1.29, 1.82) is 0 Å². The standard InChI is InChI=1S/C14H27F3N2/c1-4-7-18-13-6-5-11(2)8-12(13)9-19(3)10-14(15,16)17/h11-13,18H,4-10H2,1-3H3. The fraction of sp³-hybridized carbons (Fsp3) is 1.00. The van der Waals surface area contributed by atoms with Gasteiger partial charge in [0.1, 0.15) is 0 Å². The molecule has 0 aliphatic heterocycles. The van der Waals surface area contributed by atoms with Gasteiger partial charge in [0.2, 0.25) is 0 Å². The average Bonchev–Trinajstić information content (AvgIpc) is 2.25. The van der Waals surface area contributed by atoms with Crippen LogP contribution in [0.5, 0.6) is 0 Å². The van der Waals surface area contributed by atoms with Crippen molar-refractivity contribution in [3.63, 3.8) is 0 Å². The summed E-state index contributed by atoms with van der Waals surface area (Å²) < 4.78 is 37.1. The third-order valence-corrected chi connectivity index (χ3v) is 3.90. The Bertz CT molecular complexity index is 254. The van der Waals surface area contributed by atoms with Gasteiger partial charge in [-0.15, -0.1) is 0 Å². The summed E-state index contributed by atoms with van der Waals surface area (Å²) >= 11 is 0. The Morgan fingerprint density at radius 2 is 1.95 bits per heavy atom. The molecule has 3 atom stereocenters. The molecule has 1 aliphatic rings. The second-order valence-electron chi connectivity index (χ2n) is 6.05. The summed E-state index contributed by atoms with van der Waals surface area (Å²) in [5.41, 5.74) is 0. The van der Waals surface area contributed by atoms with Crippen molar-refractivity contribution in [2.45, 2.75) is 51.7 Å².